The molecule has 0 spiro atoms. The van der Waals surface area contributed by atoms with Crippen molar-refractivity contribution in [1.82, 2.24) is 10.3 Å². The lowest BCUT2D eigenvalue weighted by molar-refractivity contribution is -0.384. The number of halogens is 1. The van der Waals surface area contributed by atoms with Crippen LogP contribution in [0, 0.1) is 15.9 Å². The molecule has 0 aliphatic heterocycles. The van der Waals surface area contributed by atoms with Gasteiger partial charge in [0, 0.05) is 18.7 Å². The largest absolute Gasteiger partial charge is 0.351 e. The van der Waals surface area contributed by atoms with Gasteiger partial charge < -0.3 is 5.32 Å². The minimum Gasteiger partial charge on any atom is -0.351 e. The molecule has 1 heterocycles. The molecular formula is C16H12FN3O3S2. The monoisotopic (exact) mass is 377 g/mol. The normalized spacial score (nSPS) is 10.8. The topological polar surface area (TPSA) is 85.1 Å². The fourth-order valence-electron chi connectivity index (χ4n) is 2.05. The number of non-ortho nitro benzene ring substituents is 1. The summed E-state index contributed by atoms with van der Waals surface area (Å²) in [5.74, 6) is -0.301. The molecule has 1 aromatic heterocycles. The molecule has 0 bridgehead atoms. The number of hydrogen-bond acceptors (Lipinski definition) is 6. The first-order valence-electron chi connectivity index (χ1n) is 7.20. The maximum absolute atomic E-state index is 12.8. The zero-order valence-corrected chi connectivity index (χ0v) is 14.4. The standard InChI is InChI=1S/C16H12FN3O3S2/c17-11-3-1-10(2-4-11)8-18-15(21)9-24-16-19-13-6-5-12(20(22)23)7-14(13)25-16/h1-7H,8-9H2,(H,18,21). The lowest BCUT2D eigenvalue weighted by Crippen LogP contribution is -2.24. The van der Waals surface area contributed by atoms with Crippen molar-refractivity contribution in [1.29, 1.82) is 0 Å². The Bertz CT molecular complexity index is 928. The smallest absolute Gasteiger partial charge is 0.270 e. The molecule has 0 radical (unpaired) electrons. The number of hydrogen-bond donors (Lipinski definition) is 1. The molecule has 1 N–H and O–H groups in total. The second kappa shape index (κ2) is 7.58. The Labute approximate surface area is 150 Å². The average Bonchev–Trinajstić information content (AvgIpc) is 3.01. The van der Waals surface area contributed by atoms with Gasteiger partial charge in [-0.05, 0) is 23.8 Å². The van der Waals surface area contributed by atoms with Crippen molar-refractivity contribution in [2.24, 2.45) is 0 Å². The van der Waals surface area contributed by atoms with Gasteiger partial charge in [-0.15, -0.1) is 11.3 Å². The summed E-state index contributed by atoms with van der Waals surface area (Å²) in [4.78, 5) is 26.6. The third-order valence-corrected chi connectivity index (χ3v) is 5.45. The number of nitro groups is 1. The number of nitrogens with one attached hydrogen (secondary N) is 1. The van der Waals surface area contributed by atoms with Crippen LogP contribution in [-0.4, -0.2) is 21.6 Å². The fourth-order valence-corrected chi connectivity index (χ4v) is 3.98. The van der Waals surface area contributed by atoms with E-state index in [1.165, 1.54) is 47.4 Å². The lowest BCUT2D eigenvalue weighted by atomic mass is 10.2. The molecule has 0 saturated carbocycles. The Morgan fingerprint density at radius 3 is 2.76 bits per heavy atom. The molecule has 9 heteroatoms. The average molecular weight is 377 g/mol. The number of aromatic nitrogens is 1. The van der Waals surface area contributed by atoms with E-state index in [9.17, 15) is 19.3 Å². The van der Waals surface area contributed by atoms with Crippen LogP contribution in [0.15, 0.2) is 46.8 Å². The van der Waals surface area contributed by atoms with E-state index in [0.29, 0.717) is 21.1 Å². The van der Waals surface area contributed by atoms with Gasteiger partial charge in [-0.2, -0.15) is 0 Å². The zero-order valence-electron chi connectivity index (χ0n) is 12.8. The summed E-state index contributed by atoms with van der Waals surface area (Å²) in [6.45, 7) is 0.325. The van der Waals surface area contributed by atoms with E-state index in [-0.39, 0.29) is 23.2 Å². The number of carbonyl (C=O) groups excluding carboxylic acids is 1. The van der Waals surface area contributed by atoms with Gasteiger partial charge >= 0.3 is 0 Å². The number of rotatable bonds is 6. The molecule has 25 heavy (non-hydrogen) atoms. The maximum Gasteiger partial charge on any atom is 0.270 e. The Morgan fingerprint density at radius 1 is 1.28 bits per heavy atom. The third kappa shape index (κ3) is 4.52. The lowest BCUT2D eigenvalue weighted by Gasteiger charge is -2.04. The number of fused-ring (bicyclic) bond motifs is 1. The van der Waals surface area contributed by atoms with Crippen LogP contribution in [0.2, 0.25) is 0 Å². The van der Waals surface area contributed by atoms with Crippen LogP contribution >= 0.6 is 23.1 Å². The molecule has 0 saturated heterocycles. The van der Waals surface area contributed by atoms with Crippen LogP contribution in [0.1, 0.15) is 5.56 Å². The summed E-state index contributed by atoms with van der Waals surface area (Å²) < 4.78 is 14.2. The molecule has 0 atom stereocenters. The minimum absolute atomic E-state index is 0.0183. The van der Waals surface area contributed by atoms with Crippen LogP contribution < -0.4 is 5.32 Å². The van der Waals surface area contributed by atoms with Gasteiger partial charge in [-0.25, -0.2) is 9.37 Å². The van der Waals surface area contributed by atoms with Crippen LogP contribution in [0.25, 0.3) is 10.2 Å². The van der Waals surface area contributed by atoms with Crippen molar-refractivity contribution in [3.05, 3.63) is 64.0 Å². The Hall–Kier alpha value is -2.52. The summed E-state index contributed by atoms with van der Waals surface area (Å²) in [7, 11) is 0. The van der Waals surface area contributed by atoms with Crippen LogP contribution in [0.5, 0.6) is 0 Å². The van der Waals surface area contributed by atoms with Crippen molar-refractivity contribution < 1.29 is 14.1 Å². The first kappa shape index (κ1) is 17.3. The summed E-state index contributed by atoms with van der Waals surface area (Å²) in [5.41, 5.74) is 1.50. The molecule has 1 amide bonds. The SMILES string of the molecule is O=C(CSc1nc2ccc([N+](=O)[O-])cc2s1)NCc1ccc(F)cc1. The second-order valence-electron chi connectivity index (χ2n) is 5.08. The van der Waals surface area contributed by atoms with Crippen LogP contribution in [0.4, 0.5) is 10.1 Å². The highest BCUT2D eigenvalue weighted by Gasteiger charge is 2.11. The first-order valence-corrected chi connectivity index (χ1v) is 9.00. The van der Waals surface area contributed by atoms with E-state index in [2.05, 4.69) is 10.3 Å². The van der Waals surface area contributed by atoms with Gasteiger partial charge in [0.05, 0.1) is 20.9 Å². The first-order chi connectivity index (χ1) is 12.0. The fraction of sp³-hybridized carbons (Fsp3) is 0.125. The highest BCUT2D eigenvalue weighted by atomic mass is 32.2. The summed E-state index contributed by atoms with van der Waals surface area (Å²) >= 11 is 2.58. The number of nitro benzene ring substituents is 1. The van der Waals surface area contributed by atoms with Gasteiger partial charge in [0.1, 0.15) is 5.82 Å². The molecule has 3 rings (SSSR count). The molecule has 2 aromatic carbocycles. The number of carbonyl (C=O) groups is 1. The predicted octanol–water partition coefficient (Wildman–Crippen LogP) is 3.75. The van der Waals surface area contributed by atoms with Gasteiger partial charge in [-0.3, -0.25) is 14.9 Å². The van der Waals surface area contributed by atoms with E-state index in [4.69, 9.17) is 0 Å². The highest BCUT2D eigenvalue weighted by molar-refractivity contribution is 8.01. The molecule has 0 fully saturated rings. The van der Waals surface area contributed by atoms with Crippen LogP contribution in [0.3, 0.4) is 0 Å². The van der Waals surface area contributed by atoms with Crippen molar-refractivity contribution >= 4 is 44.9 Å². The van der Waals surface area contributed by atoms with Crippen molar-refractivity contribution in [3.8, 4) is 0 Å². The zero-order chi connectivity index (χ0) is 17.8. The van der Waals surface area contributed by atoms with E-state index in [0.717, 1.165) is 5.56 Å². The molecule has 3 aromatic rings. The molecule has 0 aliphatic carbocycles. The van der Waals surface area contributed by atoms with Gasteiger partial charge in [-0.1, -0.05) is 23.9 Å². The number of amides is 1. The molecule has 0 unspecified atom stereocenters. The highest BCUT2D eigenvalue weighted by Crippen LogP contribution is 2.31. The summed E-state index contributed by atoms with van der Waals surface area (Å²) in [5, 5.41) is 13.5. The van der Waals surface area contributed by atoms with Crippen LogP contribution in [-0.2, 0) is 11.3 Å². The Balaban J connectivity index is 1.55. The predicted molar refractivity (Wildman–Crippen MR) is 95.2 cm³/mol. The Kier molecular flexibility index (Phi) is 5.25. The molecule has 0 aliphatic rings. The number of nitrogens with zero attached hydrogens (tertiary/aromatic N) is 2. The van der Waals surface area contributed by atoms with Crippen molar-refractivity contribution in [2.45, 2.75) is 10.9 Å². The second-order valence-corrected chi connectivity index (χ2v) is 7.33. The molecule has 128 valence electrons. The summed E-state index contributed by atoms with van der Waals surface area (Å²) in [6.07, 6.45) is 0. The Morgan fingerprint density at radius 2 is 2.04 bits per heavy atom. The van der Waals surface area contributed by atoms with E-state index >= 15 is 0 Å². The minimum atomic E-state index is -0.450. The van der Waals surface area contributed by atoms with E-state index < -0.39 is 4.92 Å². The molecular weight excluding hydrogens is 365 g/mol. The maximum atomic E-state index is 12.8. The van der Waals surface area contributed by atoms with E-state index in [1.807, 2.05) is 0 Å². The summed E-state index contributed by atoms with van der Waals surface area (Å²) in [6, 6.07) is 10.4. The number of thiazole rings is 1. The van der Waals surface area contributed by atoms with E-state index in [1.54, 1.807) is 18.2 Å². The van der Waals surface area contributed by atoms with Crippen molar-refractivity contribution in [3.63, 3.8) is 0 Å². The molecule has 6 nitrogen and oxygen atoms in total. The third-order valence-electron chi connectivity index (χ3n) is 3.29. The number of thioether (sulfide) groups is 1. The van der Waals surface area contributed by atoms with Gasteiger partial charge in [0.15, 0.2) is 4.34 Å². The number of benzene rings is 2. The van der Waals surface area contributed by atoms with Gasteiger partial charge in [0.2, 0.25) is 5.91 Å². The quantitative estimate of drug-likeness (QED) is 0.402. The van der Waals surface area contributed by atoms with Gasteiger partial charge in [0.25, 0.3) is 5.69 Å². The van der Waals surface area contributed by atoms with Crippen molar-refractivity contribution in [2.75, 3.05) is 5.75 Å².